The number of nitrogens with one attached hydrogen (secondary N) is 1. The summed E-state index contributed by atoms with van der Waals surface area (Å²) in [5.41, 5.74) is 5.25. The van der Waals surface area contributed by atoms with E-state index in [0.717, 1.165) is 11.1 Å². The van der Waals surface area contributed by atoms with Crippen LogP contribution in [0, 0.1) is 25.5 Å². The van der Waals surface area contributed by atoms with Gasteiger partial charge in [0.05, 0.1) is 6.04 Å². The van der Waals surface area contributed by atoms with Crippen molar-refractivity contribution in [3.05, 3.63) is 70.3 Å². The van der Waals surface area contributed by atoms with Gasteiger partial charge in [0.2, 0.25) is 0 Å². The molecule has 0 fully saturated rings. The zero-order valence-corrected chi connectivity index (χ0v) is 10.9. The monoisotopic (exact) mass is 262 g/mol. The van der Waals surface area contributed by atoms with Crippen molar-refractivity contribution < 1.29 is 8.78 Å². The molecule has 2 rings (SSSR count). The van der Waals surface area contributed by atoms with Gasteiger partial charge in [-0.2, -0.15) is 0 Å². The Morgan fingerprint density at radius 1 is 1.00 bits per heavy atom. The molecule has 1 unspecified atom stereocenters. The highest BCUT2D eigenvalue weighted by molar-refractivity contribution is 5.36. The molecule has 0 saturated heterocycles. The summed E-state index contributed by atoms with van der Waals surface area (Å²) in [6.45, 7) is 3.65. The number of nitrogens with two attached hydrogens (primary N) is 1. The Bertz CT molecular complexity index is 576. The third-order valence-corrected chi connectivity index (χ3v) is 3.03. The highest BCUT2D eigenvalue weighted by Crippen LogP contribution is 2.26. The van der Waals surface area contributed by atoms with E-state index >= 15 is 0 Å². The zero-order valence-electron chi connectivity index (χ0n) is 10.9. The molecule has 2 aromatic rings. The highest BCUT2D eigenvalue weighted by Gasteiger charge is 2.17. The minimum absolute atomic E-state index is 0.358. The molecule has 3 N–H and O–H groups in total. The van der Waals surface area contributed by atoms with Crippen molar-refractivity contribution in [2.24, 2.45) is 5.84 Å². The Balaban J connectivity index is 2.52. The highest BCUT2D eigenvalue weighted by atomic mass is 19.1. The molecule has 4 heteroatoms. The van der Waals surface area contributed by atoms with Crippen molar-refractivity contribution in [1.29, 1.82) is 0 Å². The maximum absolute atomic E-state index is 13.9. The van der Waals surface area contributed by atoms with E-state index in [4.69, 9.17) is 5.84 Å². The van der Waals surface area contributed by atoms with Crippen LogP contribution in [0.2, 0.25) is 0 Å². The number of benzene rings is 2. The van der Waals surface area contributed by atoms with Gasteiger partial charge in [0.15, 0.2) is 0 Å². The van der Waals surface area contributed by atoms with Crippen molar-refractivity contribution in [2.75, 3.05) is 0 Å². The van der Waals surface area contributed by atoms with E-state index in [9.17, 15) is 8.78 Å². The molecule has 0 spiro atoms. The number of rotatable bonds is 3. The molecule has 19 heavy (non-hydrogen) atoms. The van der Waals surface area contributed by atoms with Crippen molar-refractivity contribution in [2.45, 2.75) is 19.9 Å². The van der Waals surface area contributed by atoms with Gasteiger partial charge in [0.25, 0.3) is 0 Å². The molecule has 2 aromatic carbocycles. The zero-order chi connectivity index (χ0) is 14.0. The van der Waals surface area contributed by atoms with Crippen LogP contribution in [0.1, 0.15) is 28.3 Å². The fraction of sp³-hybridized carbons (Fsp3) is 0.200. The summed E-state index contributed by atoms with van der Waals surface area (Å²) in [6.07, 6.45) is 0. The Morgan fingerprint density at radius 3 is 2.37 bits per heavy atom. The molecule has 100 valence electrons. The van der Waals surface area contributed by atoms with Crippen LogP contribution >= 0.6 is 0 Å². The average molecular weight is 262 g/mol. The normalized spacial score (nSPS) is 12.5. The summed E-state index contributed by atoms with van der Waals surface area (Å²) in [4.78, 5) is 0. The third kappa shape index (κ3) is 2.97. The standard InChI is InChI=1S/C15H16F2N2/c1-9-3-4-14(17)13(7-9)15(19-18)11-5-10(2)6-12(16)8-11/h3-8,15,19H,18H2,1-2H3. The Hall–Kier alpha value is -1.78. The predicted molar refractivity (Wildman–Crippen MR) is 71.4 cm³/mol. The number of hydrogen-bond acceptors (Lipinski definition) is 2. The molecular formula is C15H16F2N2. The molecule has 0 aliphatic rings. The van der Waals surface area contributed by atoms with Crippen LogP contribution < -0.4 is 11.3 Å². The maximum atomic E-state index is 13.9. The van der Waals surface area contributed by atoms with E-state index in [1.54, 1.807) is 25.1 Å². The van der Waals surface area contributed by atoms with E-state index < -0.39 is 6.04 Å². The summed E-state index contributed by atoms with van der Waals surface area (Å²) in [6, 6.07) is 8.78. The summed E-state index contributed by atoms with van der Waals surface area (Å²) >= 11 is 0. The number of hydrogen-bond donors (Lipinski definition) is 2. The molecule has 0 bridgehead atoms. The lowest BCUT2D eigenvalue weighted by atomic mass is 9.96. The van der Waals surface area contributed by atoms with E-state index in [0.29, 0.717) is 11.1 Å². The topological polar surface area (TPSA) is 38.0 Å². The molecule has 2 nitrogen and oxygen atoms in total. The van der Waals surface area contributed by atoms with Crippen LogP contribution in [0.15, 0.2) is 36.4 Å². The summed E-state index contributed by atoms with van der Waals surface area (Å²) in [5.74, 6) is 4.79. The van der Waals surface area contributed by atoms with Crippen molar-refractivity contribution >= 4 is 0 Å². The van der Waals surface area contributed by atoms with Crippen molar-refractivity contribution in [3.8, 4) is 0 Å². The second-order valence-electron chi connectivity index (χ2n) is 4.69. The molecule has 0 amide bonds. The molecule has 0 aliphatic heterocycles. The van der Waals surface area contributed by atoms with E-state index in [1.807, 2.05) is 6.92 Å². The lowest BCUT2D eigenvalue weighted by molar-refractivity contribution is 0.554. The fourth-order valence-corrected chi connectivity index (χ4v) is 2.18. The van der Waals surface area contributed by atoms with Gasteiger partial charge >= 0.3 is 0 Å². The fourth-order valence-electron chi connectivity index (χ4n) is 2.18. The first kappa shape index (κ1) is 13.6. The van der Waals surface area contributed by atoms with Gasteiger partial charge in [-0.25, -0.2) is 14.2 Å². The maximum Gasteiger partial charge on any atom is 0.128 e. The first-order valence-corrected chi connectivity index (χ1v) is 6.00. The largest absolute Gasteiger partial charge is 0.271 e. The van der Waals surface area contributed by atoms with Crippen molar-refractivity contribution in [3.63, 3.8) is 0 Å². The Labute approximate surface area is 111 Å². The minimum atomic E-state index is -0.575. The lowest BCUT2D eigenvalue weighted by Gasteiger charge is -2.18. The van der Waals surface area contributed by atoms with Gasteiger partial charge in [-0.1, -0.05) is 23.8 Å². The van der Waals surface area contributed by atoms with Crippen LogP contribution in [-0.2, 0) is 0 Å². The van der Waals surface area contributed by atoms with Crippen LogP contribution in [0.3, 0.4) is 0 Å². The minimum Gasteiger partial charge on any atom is -0.271 e. The average Bonchev–Trinajstić information content (AvgIpc) is 2.33. The quantitative estimate of drug-likeness (QED) is 0.658. The molecule has 1 atom stereocenters. The van der Waals surface area contributed by atoms with Gasteiger partial charge in [0, 0.05) is 5.56 Å². The van der Waals surface area contributed by atoms with Gasteiger partial charge in [-0.15, -0.1) is 0 Å². The third-order valence-electron chi connectivity index (χ3n) is 3.03. The summed E-state index contributed by atoms with van der Waals surface area (Å²) in [7, 11) is 0. The Kier molecular flexibility index (Phi) is 3.93. The predicted octanol–water partition coefficient (Wildman–Crippen LogP) is 3.13. The molecular weight excluding hydrogens is 246 g/mol. The van der Waals surface area contributed by atoms with Gasteiger partial charge < -0.3 is 0 Å². The van der Waals surface area contributed by atoms with E-state index in [1.165, 1.54) is 18.2 Å². The number of aryl methyl sites for hydroxylation is 2. The molecule has 0 aliphatic carbocycles. The van der Waals surface area contributed by atoms with Crippen LogP contribution in [0.25, 0.3) is 0 Å². The van der Waals surface area contributed by atoms with Crippen LogP contribution in [-0.4, -0.2) is 0 Å². The second-order valence-corrected chi connectivity index (χ2v) is 4.69. The molecule has 0 aromatic heterocycles. The molecule has 0 radical (unpaired) electrons. The lowest BCUT2D eigenvalue weighted by Crippen LogP contribution is -2.29. The van der Waals surface area contributed by atoms with Crippen molar-refractivity contribution in [1.82, 2.24) is 5.43 Å². The second kappa shape index (κ2) is 5.47. The van der Waals surface area contributed by atoms with Gasteiger partial charge in [-0.05, 0) is 43.2 Å². The van der Waals surface area contributed by atoms with Gasteiger partial charge in [-0.3, -0.25) is 5.84 Å². The SMILES string of the molecule is Cc1cc(F)cc(C(NN)c2cc(C)ccc2F)c1. The number of halogens is 2. The first-order chi connectivity index (χ1) is 9.01. The smallest absolute Gasteiger partial charge is 0.128 e. The summed E-state index contributed by atoms with van der Waals surface area (Å²) < 4.78 is 27.4. The number of hydrazine groups is 1. The van der Waals surface area contributed by atoms with Gasteiger partial charge in [0.1, 0.15) is 11.6 Å². The van der Waals surface area contributed by atoms with Crippen LogP contribution in [0.5, 0.6) is 0 Å². The summed E-state index contributed by atoms with van der Waals surface area (Å²) in [5, 5.41) is 0. The molecule has 0 saturated carbocycles. The van der Waals surface area contributed by atoms with Crippen LogP contribution in [0.4, 0.5) is 8.78 Å². The Morgan fingerprint density at radius 2 is 1.74 bits per heavy atom. The first-order valence-electron chi connectivity index (χ1n) is 6.00. The van der Waals surface area contributed by atoms with E-state index in [2.05, 4.69) is 5.43 Å². The van der Waals surface area contributed by atoms with E-state index in [-0.39, 0.29) is 11.6 Å². The molecule has 0 heterocycles.